The van der Waals surface area contributed by atoms with Crippen LogP contribution in [0.2, 0.25) is 0 Å². The molecule has 22 heavy (non-hydrogen) atoms. The first kappa shape index (κ1) is 17.0. The molecule has 0 N–H and O–H groups in total. The van der Waals surface area contributed by atoms with Gasteiger partial charge in [0.2, 0.25) is 0 Å². The van der Waals surface area contributed by atoms with Gasteiger partial charge in [-0.05, 0) is 31.2 Å². The lowest BCUT2D eigenvalue weighted by molar-refractivity contribution is -0.143. The smallest absolute Gasteiger partial charge is 0.307 e. The molecule has 0 aliphatic heterocycles. The molecular weight excluding hydrogens is 298 g/mol. The molecule has 0 aromatic carbocycles. The van der Waals surface area contributed by atoms with Crippen molar-refractivity contribution >= 4 is 23.2 Å². The predicted molar refractivity (Wildman–Crippen MR) is 88.1 cm³/mol. The van der Waals surface area contributed by atoms with Crippen LogP contribution in [0.25, 0.3) is 0 Å². The molecule has 1 saturated carbocycles. The molecule has 0 saturated heterocycles. The number of hydrogen-bond acceptors (Lipinski definition) is 4. The maximum Gasteiger partial charge on any atom is 0.307 e. The zero-order valence-corrected chi connectivity index (χ0v) is 14.1. The fourth-order valence-electron chi connectivity index (χ4n) is 3.01. The van der Waals surface area contributed by atoms with Gasteiger partial charge in [-0.15, -0.1) is 11.3 Å². The van der Waals surface area contributed by atoms with Crippen molar-refractivity contribution in [3.63, 3.8) is 0 Å². The standard InChI is InChI=1S/C17H25NO3S/c1-2-21-16(19)11-12-18(14-8-5-3-4-6-9-14)17(20)15-10-7-13-22-15/h7,10,13-14H,2-6,8-9,11-12H2,1H3. The monoisotopic (exact) mass is 323 g/mol. The average molecular weight is 323 g/mol. The molecule has 5 heteroatoms. The normalized spacial score (nSPS) is 16.0. The zero-order chi connectivity index (χ0) is 15.8. The van der Waals surface area contributed by atoms with Gasteiger partial charge in [-0.3, -0.25) is 9.59 Å². The summed E-state index contributed by atoms with van der Waals surface area (Å²) in [5.41, 5.74) is 0. The maximum absolute atomic E-state index is 12.8. The van der Waals surface area contributed by atoms with Gasteiger partial charge in [0.25, 0.3) is 5.91 Å². The van der Waals surface area contributed by atoms with E-state index in [1.54, 1.807) is 6.92 Å². The van der Waals surface area contributed by atoms with Crippen LogP contribution in [-0.4, -0.2) is 36.0 Å². The Morgan fingerprint density at radius 2 is 2.00 bits per heavy atom. The molecule has 1 aromatic heterocycles. The Morgan fingerprint density at radius 1 is 1.27 bits per heavy atom. The van der Waals surface area contributed by atoms with Gasteiger partial charge in [-0.25, -0.2) is 0 Å². The first-order chi connectivity index (χ1) is 10.7. The number of rotatable bonds is 6. The predicted octanol–water partition coefficient (Wildman–Crippen LogP) is 3.87. The summed E-state index contributed by atoms with van der Waals surface area (Å²) in [5, 5.41) is 1.92. The van der Waals surface area contributed by atoms with Gasteiger partial charge in [-0.2, -0.15) is 0 Å². The molecule has 1 aliphatic carbocycles. The Morgan fingerprint density at radius 3 is 2.59 bits per heavy atom. The number of hydrogen-bond donors (Lipinski definition) is 0. The lowest BCUT2D eigenvalue weighted by Gasteiger charge is -2.30. The molecular formula is C17H25NO3S. The van der Waals surface area contributed by atoms with Gasteiger partial charge in [0.05, 0.1) is 17.9 Å². The summed E-state index contributed by atoms with van der Waals surface area (Å²) in [4.78, 5) is 27.1. The van der Waals surface area contributed by atoms with Crippen molar-refractivity contribution in [3.05, 3.63) is 22.4 Å². The van der Waals surface area contributed by atoms with E-state index in [1.165, 1.54) is 24.2 Å². The number of ether oxygens (including phenoxy) is 1. The highest BCUT2D eigenvalue weighted by molar-refractivity contribution is 7.12. The Bertz CT molecular complexity index is 464. The largest absolute Gasteiger partial charge is 0.466 e. The number of thiophene rings is 1. The summed E-state index contributed by atoms with van der Waals surface area (Å²) in [6.07, 6.45) is 7.18. The van der Waals surface area contributed by atoms with Gasteiger partial charge in [0, 0.05) is 12.6 Å². The van der Waals surface area contributed by atoms with E-state index in [0.29, 0.717) is 13.2 Å². The number of carbonyl (C=O) groups is 2. The van der Waals surface area contributed by atoms with Gasteiger partial charge in [0.15, 0.2) is 0 Å². The van der Waals surface area contributed by atoms with Crippen LogP contribution in [0.3, 0.4) is 0 Å². The van der Waals surface area contributed by atoms with Gasteiger partial charge >= 0.3 is 5.97 Å². The van der Waals surface area contributed by atoms with Crippen molar-refractivity contribution in [2.45, 2.75) is 57.9 Å². The second kappa shape index (κ2) is 8.93. The fourth-order valence-corrected chi connectivity index (χ4v) is 3.69. The quantitative estimate of drug-likeness (QED) is 0.590. The van der Waals surface area contributed by atoms with Crippen LogP contribution in [-0.2, 0) is 9.53 Å². The van der Waals surface area contributed by atoms with Crippen molar-refractivity contribution < 1.29 is 14.3 Å². The van der Waals surface area contributed by atoms with E-state index < -0.39 is 0 Å². The van der Waals surface area contributed by atoms with Crippen LogP contribution in [0.15, 0.2) is 17.5 Å². The Hall–Kier alpha value is -1.36. The Kier molecular flexibility index (Phi) is 6.90. The number of amides is 1. The van der Waals surface area contributed by atoms with Crippen molar-refractivity contribution in [1.29, 1.82) is 0 Å². The molecule has 2 rings (SSSR count). The van der Waals surface area contributed by atoms with Crippen molar-refractivity contribution in [2.24, 2.45) is 0 Å². The highest BCUT2D eigenvalue weighted by Crippen LogP contribution is 2.24. The van der Waals surface area contributed by atoms with Crippen molar-refractivity contribution in [3.8, 4) is 0 Å². The molecule has 0 radical (unpaired) electrons. The van der Waals surface area contributed by atoms with E-state index in [9.17, 15) is 9.59 Å². The fraction of sp³-hybridized carbons (Fsp3) is 0.647. The third kappa shape index (κ3) is 4.83. The molecule has 1 aromatic rings. The first-order valence-corrected chi connectivity index (χ1v) is 9.10. The molecule has 1 heterocycles. The third-order valence-corrected chi connectivity index (χ3v) is 4.98. The van der Waals surface area contributed by atoms with E-state index in [0.717, 1.165) is 30.6 Å². The van der Waals surface area contributed by atoms with Crippen molar-refractivity contribution in [1.82, 2.24) is 4.90 Å². The van der Waals surface area contributed by atoms with Gasteiger partial charge in [-0.1, -0.05) is 31.7 Å². The van der Waals surface area contributed by atoms with Gasteiger partial charge in [0.1, 0.15) is 0 Å². The average Bonchev–Trinajstić information content (AvgIpc) is 2.92. The van der Waals surface area contributed by atoms with Crippen LogP contribution < -0.4 is 0 Å². The minimum Gasteiger partial charge on any atom is -0.466 e. The molecule has 122 valence electrons. The summed E-state index contributed by atoms with van der Waals surface area (Å²) in [6, 6.07) is 4.02. The Labute approximate surface area is 136 Å². The molecule has 0 unspecified atom stereocenters. The topological polar surface area (TPSA) is 46.6 Å². The lowest BCUT2D eigenvalue weighted by atomic mass is 10.1. The third-order valence-electron chi connectivity index (χ3n) is 4.12. The summed E-state index contributed by atoms with van der Waals surface area (Å²) in [6.45, 7) is 2.65. The Balaban J connectivity index is 2.05. The minimum atomic E-state index is -0.222. The van der Waals surface area contributed by atoms with Crippen LogP contribution in [0.4, 0.5) is 0 Å². The second-order valence-corrected chi connectivity index (χ2v) is 6.62. The summed E-state index contributed by atoms with van der Waals surface area (Å²) < 4.78 is 5.00. The van der Waals surface area contributed by atoms with Crippen molar-refractivity contribution in [2.75, 3.05) is 13.2 Å². The molecule has 0 bridgehead atoms. The van der Waals surface area contributed by atoms with Crippen LogP contribution in [0, 0.1) is 0 Å². The summed E-state index contributed by atoms with van der Waals surface area (Å²) in [7, 11) is 0. The highest BCUT2D eigenvalue weighted by Gasteiger charge is 2.26. The number of nitrogens with zero attached hydrogens (tertiary/aromatic N) is 1. The summed E-state index contributed by atoms with van der Waals surface area (Å²) in [5.74, 6) is -0.161. The SMILES string of the molecule is CCOC(=O)CCN(C(=O)c1cccs1)C1CCCCCC1. The van der Waals surface area contributed by atoms with E-state index in [2.05, 4.69) is 0 Å². The zero-order valence-electron chi connectivity index (χ0n) is 13.3. The van der Waals surface area contributed by atoms with E-state index in [4.69, 9.17) is 4.74 Å². The lowest BCUT2D eigenvalue weighted by Crippen LogP contribution is -2.41. The maximum atomic E-state index is 12.8. The minimum absolute atomic E-state index is 0.0613. The number of carbonyl (C=O) groups excluding carboxylic acids is 2. The van der Waals surface area contributed by atoms with E-state index in [1.807, 2.05) is 22.4 Å². The molecule has 4 nitrogen and oxygen atoms in total. The summed E-state index contributed by atoms with van der Waals surface area (Å²) >= 11 is 1.47. The second-order valence-electron chi connectivity index (χ2n) is 5.68. The molecule has 1 aliphatic rings. The van der Waals surface area contributed by atoms with Gasteiger partial charge < -0.3 is 9.64 Å². The first-order valence-electron chi connectivity index (χ1n) is 8.22. The highest BCUT2D eigenvalue weighted by atomic mass is 32.1. The van der Waals surface area contributed by atoms with E-state index in [-0.39, 0.29) is 24.3 Å². The van der Waals surface area contributed by atoms with Crippen LogP contribution in [0.1, 0.15) is 61.5 Å². The molecule has 0 atom stereocenters. The number of esters is 1. The van der Waals surface area contributed by atoms with Crippen LogP contribution in [0.5, 0.6) is 0 Å². The molecule has 1 fully saturated rings. The molecule has 1 amide bonds. The van der Waals surface area contributed by atoms with E-state index >= 15 is 0 Å². The van der Waals surface area contributed by atoms with Crippen LogP contribution >= 0.6 is 11.3 Å². The molecule has 0 spiro atoms.